The lowest BCUT2D eigenvalue weighted by atomic mass is 9.41. The molecule has 0 radical (unpaired) electrons. The first-order chi connectivity index (χ1) is 19.3. The third-order valence-electron chi connectivity index (χ3n) is 10.3. The molecule has 1 amide bonds. The molecular weight excluding hydrogens is 533 g/mol. The highest BCUT2D eigenvalue weighted by atomic mass is 19.3. The van der Waals surface area contributed by atoms with Crippen LogP contribution in [-0.2, 0) is 15.6 Å². The number of anilines is 1. The van der Waals surface area contributed by atoms with Gasteiger partial charge in [0.15, 0.2) is 5.82 Å². The lowest BCUT2D eigenvalue weighted by Crippen LogP contribution is -2.71. The Morgan fingerprint density at radius 3 is 2.34 bits per heavy atom. The van der Waals surface area contributed by atoms with E-state index >= 15 is 0 Å². The Labute approximate surface area is 236 Å². The van der Waals surface area contributed by atoms with Gasteiger partial charge in [-0.25, -0.2) is 14.1 Å². The predicted octanol–water partition coefficient (Wildman–Crippen LogP) is 6.54. The van der Waals surface area contributed by atoms with Crippen molar-refractivity contribution in [3.8, 4) is 11.1 Å². The van der Waals surface area contributed by atoms with Gasteiger partial charge in [0.2, 0.25) is 11.8 Å². The molecule has 3 aromatic rings. The average Bonchev–Trinajstić information content (AvgIpc) is 3.62. The van der Waals surface area contributed by atoms with Crippen LogP contribution in [0.1, 0.15) is 96.8 Å². The number of hydrogen-bond donors (Lipinski definition) is 0. The molecule has 0 spiro atoms. The number of carbonyl (C=O) groups excluding carboxylic acids is 1. The fraction of sp³-hybridized carbons (Fsp3) is 0.633. The first-order valence-electron chi connectivity index (χ1n) is 14.5. The maximum Gasteiger partial charge on any atom is 0.333 e. The van der Waals surface area contributed by atoms with Crippen LogP contribution < -0.4 is 4.90 Å². The number of carbonyl (C=O) groups is 1. The predicted molar refractivity (Wildman–Crippen MR) is 144 cm³/mol. The monoisotopic (exact) mass is 568 g/mol. The number of rotatable bonds is 7. The molecule has 3 aromatic heterocycles. The van der Waals surface area contributed by atoms with Gasteiger partial charge < -0.3 is 4.52 Å². The van der Waals surface area contributed by atoms with E-state index in [2.05, 4.69) is 36.0 Å². The van der Waals surface area contributed by atoms with E-state index in [1.54, 1.807) is 23.2 Å². The minimum Gasteiger partial charge on any atom is -0.339 e. The van der Waals surface area contributed by atoms with Gasteiger partial charge in [0.25, 0.3) is 0 Å². The second-order valence-corrected chi connectivity index (χ2v) is 14.2. The van der Waals surface area contributed by atoms with E-state index in [-0.39, 0.29) is 41.4 Å². The summed E-state index contributed by atoms with van der Waals surface area (Å²) in [4.78, 5) is 25.2. The van der Waals surface area contributed by atoms with Crippen molar-refractivity contribution in [2.75, 3.05) is 11.4 Å². The number of fused-ring (bicyclic) bond motifs is 3. The van der Waals surface area contributed by atoms with Crippen molar-refractivity contribution < 1.29 is 22.5 Å². The summed E-state index contributed by atoms with van der Waals surface area (Å²) in [5.74, 6) is 1.84. The van der Waals surface area contributed by atoms with Gasteiger partial charge in [0.1, 0.15) is 11.5 Å². The summed E-state index contributed by atoms with van der Waals surface area (Å²) in [6.07, 6.45) is 10.5. The fourth-order valence-electron chi connectivity index (χ4n) is 7.69. The van der Waals surface area contributed by atoms with E-state index in [4.69, 9.17) is 9.51 Å². The summed E-state index contributed by atoms with van der Waals surface area (Å²) in [6, 6.07) is 3.49. The summed E-state index contributed by atoms with van der Waals surface area (Å²) in [5, 5.41) is 8.15. The van der Waals surface area contributed by atoms with Crippen LogP contribution in [-0.4, -0.2) is 43.0 Å². The molecule has 0 saturated heterocycles. The molecule has 41 heavy (non-hydrogen) atoms. The second kappa shape index (κ2) is 8.64. The first-order valence-corrected chi connectivity index (χ1v) is 14.5. The molecule has 3 heterocycles. The zero-order valence-corrected chi connectivity index (χ0v) is 23.7. The largest absolute Gasteiger partial charge is 0.339 e. The lowest BCUT2D eigenvalue weighted by molar-refractivity contribution is -0.211. The quantitative estimate of drug-likeness (QED) is 0.322. The molecule has 6 fully saturated rings. The molecule has 0 unspecified atom stereocenters. The van der Waals surface area contributed by atoms with Crippen LogP contribution in [0.3, 0.4) is 0 Å². The van der Waals surface area contributed by atoms with Crippen molar-refractivity contribution >= 4 is 11.7 Å². The van der Waals surface area contributed by atoms with Crippen molar-refractivity contribution in [2.24, 2.45) is 10.8 Å². The van der Waals surface area contributed by atoms with E-state index in [0.29, 0.717) is 34.1 Å². The summed E-state index contributed by atoms with van der Waals surface area (Å²) in [6.45, 7) is 3.94. The maximum atomic E-state index is 14.5. The molecule has 0 atom stereocenters. The van der Waals surface area contributed by atoms with Crippen molar-refractivity contribution in [3.63, 3.8) is 0 Å². The van der Waals surface area contributed by atoms with E-state index < -0.39 is 17.6 Å². The Balaban J connectivity index is 1.16. The molecule has 0 aliphatic heterocycles. The summed E-state index contributed by atoms with van der Waals surface area (Å²) >= 11 is 0. The normalized spacial score (nSPS) is 32.1. The number of nitrogens with zero attached hydrogens (tertiary/aromatic N) is 6. The zero-order chi connectivity index (χ0) is 28.8. The van der Waals surface area contributed by atoms with Gasteiger partial charge >= 0.3 is 6.55 Å². The lowest BCUT2D eigenvalue weighted by Gasteiger charge is -2.65. The topological polar surface area (TPSA) is 89.9 Å². The van der Waals surface area contributed by atoms with Crippen LogP contribution >= 0.6 is 0 Å². The number of amides is 1. The number of hydrogen-bond acceptors (Lipinski definition) is 6. The maximum absolute atomic E-state index is 14.5. The molecular formula is C30H35F3N6O2. The second-order valence-electron chi connectivity index (χ2n) is 14.2. The van der Waals surface area contributed by atoms with Gasteiger partial charge in [-0.3, -0.25) is 9.69 Å². The first kappa shape index (κ1) is 26.6. The Morgan fingerprint density at radius 2 is 1.78 bits per heavy atom. The highest BCUT2D eigenvalue weighted by molar-refractivity contribution is 6.00. The van der Waals surface area contributed by atoms with Crippen LogP contribution in [0.15, 0.2) is 35.2 Å². The summed E-state index contributed by atoms with van der Waals surface area (Å²) < 4.78 is 47.0. The highest BCUT2D eigenvalue weighted by Crippen LogP contribution is 2.70. The average molecular weight is 569 g/mol. The minimum atomic E-state index is -2.74. The van der Waals surface area contributed by atoms with Gasteiger partial charge in [-0.2, -0.15) is 18.9 Å². The summed E-state index contributed by atoms with van der Waals surface area (Å²) in [7, 11) is 0. The summed E-state index contributed by atoms with van der Waals surface area (Å²) in [5.41, 5.74) is -1.12. The molecule has 0 aromatic carbocycles. The van der Waals surface area contributed by atoms with E-state index in [9.17, 15) is 18.0 Å². The van der Waals surface area contributed by atoms with E-state index in [0.717, 1.165) is 44.3 Å². The highest BCUT2D eigenvalue weighted by Gasteiger charge is 2.73. The van der Waals surface area contributed by atoms with Crippen LogP contribution in [0.5, 0.6) is 0 Å². The molecule has 6 saturated carbocycles. The van der Waals surface area contributed by atoms with Gasteiger partial charge in [0.05, 0.1) is 11.6 Å². The molecule has 218 valence electrons. The van der Waals surface area contributed by atoms with E-state index in [1.165, 1.54) is 12.4 Å². The van der Waals surface area contributed by atoms with Crippen LogP contribution in [0.2, 0.25) is 0 Å². The van der Waals surface area contributed by atoms with E-state index in [1.807, 2.05) is 0 Å². The Hall–Kier alpha value is -3.24. The molecule has 9 rings (SSSR count). The van der Waals surface area contributed by atoms with Crippen molar-refractivity contribution in [1.29, 1.82) is 0 Å². The third-order valence-corrected chi connectivity index (χ3v) is 10.3. The number of aromatic nitrogens is 5. The van der Waals surface area contributed by atoms with Crippen LogP contribution in [0.4, 0.5) is 19.0 Å². The molecule has 4 bridgehead atoms. The van der Waals surface area contributed by atoms with Gasteiger partial charge in [-0.15, -0.1) is 0 Å². The fourth-order valence-corrected chi connectivity index (χ4v) is 7.69. The molecule has 6 aliphatic carbocycles. The Morgan fingerprint density at radius 1 is 1.10 bits per heavy atom. The standard InChI is InChI=1S/C30H35F3N6O2/c1-26(2,3)23-36-22(37-41-23)28-8-5-27(6-9-28,7-10-28)18-38(24(40)29-15-30(33,16-29)17-29)21-12-19(4-11-34-21)20-13-35-39(14-20)25(31)32/h4,11-14,25H,5-10,15-18H2,1-3H3. The van der Waals surface area contributed by atoms with Crippen molar-refractivity contribution in [2.45, 2.75) is 102 Å². The number of alkyl halides is 3. The molecule has 8 nitrogen and oxygen atoms in total. The zero-order valence-electron chi connectivity index (χ0n) is 23.7. The smallest absolute Gasteiger partial charge is 0.333 e. The third kappa shape index (κ3) is 4.21. The molecule has 11 heteroatoms. The van der Waals surface area contributed by atoms with Gasteiger partial charge in [-0.1, -0.05) is 25.9 Å². The Bertz CT molecular complexity index is 1460. The molecule has 0 N–H and O–H groups in total. The number of pyridine rings is 1. The van der Waals surface area contributed by atoms with Crippen molar-refractivity contribution in [3.05, 3.63) is 42.4 Å². The van der Waals surface area contributed by atoms with Crippen LogP contribution in [0, 0.1) is 10.8 Å². The Kier molecular flexibility index (Phi) is 5.62. The van der Waals surface area contributed by atoms with Gasteiger partial charge in [0, 0.05) is 35.3 Å². The number of halogens is 3. The minimum absolute atomic E-state index is 0.0743. The SMILES string of the molecule is CC(C)(C)c1nc(C23CCC(CN(C(=O)C45CC(F)(C4)C5)c4cc(-c5cnn(C(F)F)c5)ccn4)(CC2)CC3)no1. The van der Waals surface area contributed by atoms with Crippen LogP contribution in [0.25, 0.3) is 11.1 Å². The molecule has 6 aliphatic rings. The van der Waals surface area contributed by atoms with Crippen molar-refractivity contribution in [1.82, 2.24) is 24.9 Å². The van der Waals surface area contributed by atoms with Gasteiger partial charge in [-0.05, 0) is 80.9 Å².